The molecule has 0 aliphatic heterocycles. The van der Waals surface area contributed by atoms with Crippen LogP contribution in [0.4, 0.5) is 0 Å². The van der Waals surface area contributed by atoms with Crippen molar-refractivity contribution in [3.63, 3.8) is 0 Å². The highest BCUT2D eigenvalue weighted by molar-refractivity contribution is 5.23. The monoisotopic (exact) mass is 250 g/mol. The summed E-state index contributed by atoms with van der Waals surface area (Å²) in [7, 11) is 0. The Morgan fingerprint density at radius 1 is 1.28 bits per heavy atom. The minimum absolute atomic E-state index is 0.129. The summed E-state index contributed by atoms with van der Waals surface area (Å²) in [6, 6.07) is 0. The van der Waals surface area contributed by atoms with Crippen molar-refractivity contribution in [2.75, 3.05) is 0 Å². The molecule has 3 aliphatic carbocycles. The first-order valence-corrected chi connectivity index (χ1v) is 7.85. The molecule has 0 unspecified atom stereocenters. The SMILES string of the molecule is C=C1[C@@H]([C@H](O)CCCCCC)C[C@H]2C[C@@H]1C2(C)C. The van der Waals surface area contributed by atoms with Crippen LogP contribution in [0.25, 0.3) is 0 Å². The quantitative estimate of drug-likeness (QED) is 0.541. The number of rotatable bonds is 6. The van der Waals surface area contributed by atoms with Crippen LogP contribution in [0.15, 0.2) is 12.2 Å². The first-order valence-electron chi connectivity index (χ1n) is 7.85. The zero-order chi connectivity index (χ0) is 13.3. The molecule has 2 bridgehead atoms. The summed E-state index contributed by atoms with van der Waals surface area (Å²) in [6.45, 7) is 11.3. The van der Waals surface area contributed by atoms with E-state index < -0.39 is 0 Å². The van der Waals surface area contributed by atoms with Crippen LogP contribution in [0.3, 0.4) is 0 Å². The van der Waals surface area contributed by atoms with Crippen LogP contribution in [-0.2, 0) is 0 Å². The average Bonchev–Trinajstić information content (AvgIpc) is 2.33. The predicted molar refractivity (Wildman–Crippen MR) is 77.4 cm³/mol. The summed E-state index contributed by atoms with van der Waals surface area (Å²) in [6.07, 6.45) is 8.37. The molecule has 104 valence electrons. The van der Waals surface area contributed by atoms with Gasteiger partial charge in [0.1, 0.15) is 0 Å². The second-order valence-corrected chi connectivity index (χ2v) is 7.14. The normalized spacial score (nSPS) is 35.1. The molecule has 3 saturated carbocycles. The van der Waals surface area contributed by atoms with E-state index in [1.807, 2.05) is 0 Å². The average molecular weight is 250 g/mol. The summed E-state index contributed by atoms with van der Waals surface area (Å²) < 4.78 is 0. The lowest BCUT2D eigenvalue weighted by atomic mass is 9.44. The first-order chi connectivity index (χ1) is 8.48. The molecule has 0 heterocycles. The van der Waals surface area contributed by atoms with E-state index in [1.54, 1.807) is 0 Å². The molecule has 0 saturated heterocycles. The van der Waals surface area contributed by atoms with E-state index in [1.165, 1.54) is 44.1 Å². The highest BCUT2D eigenvalue weighted by Crippen LogP contribution is 2.63. The lowest BCUT2D eigenvalue weighted by Crippen LogP contribution is -2.53. The first kappa shape index (κ1) is 14.1. The van der Waals surface area contributed by atoms with Gasteiger partial charge in [-0.3, -0.25) is 0 Å². The molecule has 4 atom stereocenters. The smallest absolute Gasteiger partial charge is 0.0605 e. The van der Waals surface area contributed by atoms with Gasteiger partial charge in [-0.1, -0.05) is 58.6 Å². The molecular weight excluding hydrogens is 220 g/mol. The van der Waals surface area contributed by atoms with Crippen LogP contribution in [0.1, 0.15) is 65.7 Å². The molecule has 3 rings (SSSR count). The number of hydrogen-bond donors (Lipinski definition) is 1. The zero-order valence-corrected chi connectivity index (χ0v) is 12.4. The van der Waals surface area contributed by atoms with E-state index in [2.05, 4.69) is 27.4 Å². The van der Waals surface area contributed by atoms with E-state index in [9.17, 15) is 5.11 Å². The van der Waals surface area contributed by atoms with Crippen molar-refractivity contribution in [3.8, 4) is 0 Å². The molecule has 18 heavy (non-hydrogen) atoms. The minimum atomic E-state index is -0.129. The highest BCUT2D eigenvalue weighted by atomic mass is 16.3. The number of aliphatic hydroxyl groups excluding tert-OH is 1. The van der Waals surface area contributed by atoms with E-state index in [0.717, 1.165) is 12.3 Å². The third-order valence-electron chi connectivity index (χ3n) is 5.75. The van der Waals surface area contributed by atoms with Gasteiger partial charge in [-0.05, 0) is 36.5 Å². The van der Waals surface area contributed by atoms with Crippen LogP contribution in [0, 0.1) is 23.2 Å². The number of fused-ring (bicyclic) bond motifs is 2. The molecule has 3 aliphatic rings. The fraction of sp³-hybridized carbons (Fsp3) is 0.882. The molecule has 1 N–H and O–H groups in total. The Morgan fingerprint density at radius 3 is 2.56 bits per heavy atom. The Kier molecular flexibility index (Phi) is 4.21. The molecule has 0 spiro atoms. The maximum Gasteiger partial charge on any atom is 0.0605 e. The van der Waals surface area contributed by atoms with Crippen molar-refractivity contribution in [1.29, 1.82) is 0 Å². The van der Waals surface area contributed by atoms with Gasteiger partial charge < -0.3 is 5.11 Å². The molecule has 0 amide bonds. The van der Waals surface area contributed by atoms with E-state index in [4.69, 9.17) is 0 Å². The molecular formula is C17H30O. The van der Waals surface area contributed by atoms with Gasteiger partial charge in [0.15, 0.2) is 0 Å². The second-order valence-electron chi connectivity index (χ2n) is 7.14. The van der Waals surface area contributed by atoms with Crippen molar-refractivity contribution >= 4 is 0 Å². The summed E-state index contributed by atoms with van der Waals surface area (Å²) in [4.78, 5) is 0. The largest absolute Gasteiger partial charge is 0.393 e. The Balaban J connectivity index is 1.82. The molecule has 1 heteroatoms. The van der Waals surface area contributed by atoms with Gasteiger partial charge in [0.05, 0.1) is 6.10 Å². The van der Waals surface area contributed by atoms with Gasteiger partial charge in [-0.15, -0.1) is 0 Å². The fourth-order valence-electron chi connectivity index (χ4n) is 4.15. The van der Waals surface area contributed by atoms with Crippen LogP contribution in [-0.4, -0.2) is 11.2 Å². The summed E-state index contributed by atoms with van der Waals surface area (Å²) in [5.41, 5.74) is 1.81. The lowest BCUT2D eigenvalue weighted by molar-refractivity contribution is -0.0709. The van der Waals surface area contributed by atoms with E-state index >= 15 is 0 Å². The van der Waals surface area contributed by atoms with Crippen LogP contribution in [0.2, 0.25) is 0 Å². The second kappa shape index (κ2) is 5.36. The zero-order valence-electron chi connectivity index (χ0n) is 12.4. The van der Waals surface area contributed by atoms with Crippen LogP contribution < -0.4 is 0 Å². The molecule has 0 aromatic rings. The Morgan fingerprint density at radius 2 is 2.00 bits per heavy atom. The third-order valence-corrected chi connectivity index (χ3v) is 5.75. The van der Waals surface area contributed by atoms with Gasteiger partial charge in [0, 0.05) is 5.92 Å². The topological polar surface area (TPSA) is 20.2 Å². The number of aliphatic hydroxyl groups is 1. The van der Waals surface area contributed by atoms with Gasteiger partial charge in [0.25, 0.3) is 0 Å². The minimum Gasteiger partial charge on any atom is -0.393 e. The predicted octanol–water partition coefficient (Wildman–Crippen LogP) is 4.56. The van der Waals surface area contributed by atoms with Gasteiger partial charge in [-0.2, -0.15) is 0 Å². The molecule has 0 aromatic carbocycles. The molecule has 3 fully saturated rings. The lowest BCUT2D eigenvalue weighted by Gasteiger charge is -2.60. The summed E-state index contributed by atoms with van der Waals surface area (Å²) in [5.74, 6) is 1.89. The van der Waals surface area contributed by atoms with E-state index in [-0.39, 0.29) is 6.10 Å². The molecule has 0 radical (unpaired) electrons. The Hall–Kier alpha value is -0.300. The molecule has 1 nitrogen and oxygen atoms in total. The third kappa shape index (κ3) is 2.39. The van der Waals surface area contributed by atoms with E-state index in [0.29, 0.717) is 17.3 Å². The number of hydrogen-bond acceptors (Lipinski definition) is 1. The summed E-state index contributed by atoms with van der Waals surface area (Å²) in [5, 5.41) is 10.4. The van der Waals surface area contributed by atoms with Crippen molar-refractivity contribution < 1.29 is 5.11 Å². The van der Waals surface area contributed by atoms with Gasteiger partial charge >= 0.3 is 0 Å². The Bertz CT molecular complexity index is 305. The van der Waals surface area contributed by atoms with Crippen molar-refractivity contribution in [2.24, 2.45) is 23.2 Å². The number of unbranched alkanes of at least 4 members (excludes halogenated alkanes) is 3. The highest BCUT2D eigenvalue weighted by Gasteiger charge is 2.55. The fourth-order valence-corrected chi connectivity index (χ4v) is 4.15. The summed E-state index contributed by atoms with van der Waals surface area (Å²) >= 11 is 0. The maximum absolute atomic E-state index is 10.4. The van der Waals surface area contributed by atoms with Crippen molar-refractivity contribution in [2.45, 2.75) is 71.8 Å². The Labute approximate surface area is 113 Å². The maximum atomic E-state index is 10.4. The van der Waals surface area contributed by atoms with Crippen LogP contribution >= 0.6 is 0 Å². The standard InChI is InChI=1S/C17H30O/c1-5-6-7-8-9-16(18)14-10-13-11-15(12(14)2)17(13,3)4/h13-16,18H,2,5-11H2,1,3-4H3/t13-,14-,15-,16+/m0/s1. The van der Waals surface area contributed by atoms with Gasteiger partial charge in [0.2, 0.25) is 0 Å². The van der Waals surface area contributed by atoms with Crippen molar-refractivity contribution in [3.05, 3.63) is 12.2 Å². The van der Waals surface area contributed by atoms with Gasteiger partial charge in [-0.25, -0.2) is 0 Å². The van der Waals surface area contributed by atoms with Crippen LogP contribution in [0.5, 0.6) is 0 Å². The molecule has 0 aromatic heterocycles. The van der Waals surface area contributed by atoms with Crippen molar-refractivity contribution in [1.82, 2.24) is 0 Å².